The predicted octanol–water partition coefficient (Wildman–Crippen LogP) is 17.1. The maximum Gasteiger partial charge on any atom is 0.306 e. The molecule has 1 atom stereocenters. The number of hydrogen-bond donors (Lipinski definition) is 0. The fourth-order valence-corrected chi connectivity index (χ4v) is 6.58. The molecule has 362 valence electrons. The van der Waals surface area contributed by atoms with Crippen molar-refractivity contribution in [3.63, 3.8) is 0 Å². The number of ether oxygens (including phenoxy) is 3. The largest absolute Gasteiger partial charge is 0.462 e. The van der Waals surface area contributed by atoms with Crippen LogP contribution in [0, 0.1) is 0 Å². The molecule has 0 N–H and O–H groups in total. The Morgan fingerprint density at radius 2 is 0.641 bits per heavy atom. The van der Waals surface area contributed by atoms with Gasteiger partial charge >= 0.3 is 17.9 Å². The van der Waals surface area contributed by atoms with Crippen LogP contribution in [-0.4, -0.2) is 37.2 Å². The van der Waals surface area contributed by atoms with E-state index in [9.17, 15) is 14.4 Å². The van der Waals surface area contributed by atoms with Crippen LogP contribution in [0.1, 0.15) is 220 Å². The molecule has 0 aromatic rings. The third-order valence-electron chi connectivity index (χ3n) is 10.5. The fraction of sp³-hybridized carbons (Fsp3) is 0.638. The molecule has 0 saturated carbocycles. The van der Waals surface area contributed by atoms with Gasteiger partial charge in [-0.15, -0.1) is 0 Å². The number of unbranched alkanes of at least 4 members (excludes halogenated alkanes) is 16. The Bertz CT molecular complexity index is 1340. The van der Waals surface area contributed by atoms with E-state index < -0.39 is 6.10 Å². The third kappa shape index (κ3) is 49.1. The lowest BCUT2D eigenvalue weighted by Gasteiger charge is -2.18. The summed E-state index contributed by atoms with van der Waals surface area (Å²) in [5, 5.41) is 0. The van der Waals surface area contributed by atoms with Gasteiger partial charge in [-0.25, -0.2) is 0 Å². The van der Waals surface area contributed by atoms with Crippen LogP contribution in [0.25, 0.3) is 0 Å². The first-order valence-corrected chi connectivity index (χ1v) is 25.9. The van der Waals surface area contributed by atoms with Crippen molar-refractivity contribution in [3.05, 3.63) is 109 Å². The second-order valence-electron chi connectivity index (χ2n) is 16.7. The van der Waals surface area contributed by atoms with Gasteiger partial charge in [0.25, 0.3) is 0 Å². The lowest BCUT2D eigenvalue weighted by Crippen LogP contribution is -2.30. The zero-order valence-corrected chi connectivity index (χ0v) is 41.3. The average molecular weight is 887 g/mol. The van der Waals surface area contributed by atoms with Gasteiger partial charge in [0.2, 0.25) is 0 Å². The Balaban J connectivity index is 4.54. The van der Waals surface area contributed by atoms with E-state index in [4.69, 9.17) is 14.2 Å². The van der Waals surface area contributed by atoms with Gasteiger partial charge in [-0.2, -0.15) is 0 Å². The molecule has 0 aliphatic rings. The first-order chi connectivity index (χ1) is 31.5. The molecule has 0 aliphatic heterocycles. The van der Waals surface area contributed by atoms with Crippen molar-refractivity contribution in [2.75, 3.05) is 13.2 Å². The zero-order valence-electron chi connectivity index (χ0n) is 41.3. The van der Waals surface area contributed by atoms with Gasteiger partial charge in [-0.1, -0.05) is 194 Å². The molecule has 0 aliphatic carbocycles. The Labute approximate surface area is 393 Å². The van der Waals surface area contributed by atoms with E-state index in [-0.39, 0.29) is 37.5 Å². The Hall–Kier alpha value is -3.93. The summed E-state index contributed by atoms with van der Waals surface area (Å²) in [6.07, 6.45) is 69.3. The predicted molar refractivity (Wildman–Crippen MR) is 274 cm³/mol. The normalized spacial score (nSPS) is 13.0. The van der Waals surface area contributed by atoms with E-state index >= 15 is 0 Å². The number of hydrogen-bond acceptors (Lipinski definition) is 6. The molecule has 6 nitrogen and oxygen atoms in total. The molecule has 0 rings (SSSR count). The van der Waals surface area contributed by atoms with Crippen molar-refractivity contribution in [2.45, 2.75) is 226 Å². The van der Waals surface area contributed by atoms with E-state index in [1.165, 1.54) is 44.9 Å². The monoisotopic (exact) mass is 887 g/mol. The van der Waals surface area contributed by atoms with Crippen LogP contribution >= 0.6 is 0 Å². The van der Waals surface area contributed by atoms with Crippen LogP contribution < -0.4 is 0 Å². The lowest BCUT2D eigenvalue weighted by atomic mass is 10.1. The van der Waals surface area contributed by atoms with Crippen molar-refractivity contribution in [3.8, 4) is 0 Å². The maximum absolute atomic E-state index is 12.8. The second-order valence-corrected chi connectivity index (χ2v) is 16.7. The molecule has 0 aromatic carbocycles. The van der Waals surface area contributed by atoms with Crippen LogP contribution in [-0.2, 0) is 28.6 Å². The van der Waals surface area contributed by atoms with Crippen molar-refractivity contribution in [1.29, 1.82) is 0 Å². The molecule has 0 aromatic heterocycles. The zero-order chi connectivity index (χ0) is 46.5. The Kier molecular flexibility index (Phi) is 48.5. The molecule has 0 heterocycles. The minimum atomic E-state index is -0.816. The van der Waals surface area contributed by atoms with Crippen molar-refractivity contribution >= 4 is 17.9 Å². The summed E-state index contributed by atoms with van der Waals surface area (Å²) in [6.45, 7) is 6.37. The van der Waals surface area contributed by atoms with E-state index in [2.05, 4.69) is 130 Å². The van der Waals surface area contributed by atoms with Gasteiger partial charge in [0.1, 0.15) is 13.2 Å². The van der Waals surface area contributed by atoms with Gasteiger partial charge in [0, 0.05) is 19.3 Å². The molecular weight excluding hydrogens is 793 g/mol. The lowest BCUT2D eigenvalue weighted by molar-refractivity contribution is -0.167. The first-order valence-electron chi connectivity index (χ1n) is 25.9. The molecule has 0 fully saturated rings. The summed E-state index contributed by atoms with van der Waals surface area (Å²) in [6, 6.07) is 0. The van der Waals surface area contributed by atoms with E-state index in [0.717, 1.165) is 128 Å². The number of esters is 3. The summed E-state index contributed by atoms with van der Waals surface area (Å²) in [7, 11) is 0. The minimum absolute atomic E-state index is 0.112. The van der Waals surface area contributed by atoms with Crippen LogP contribution in [0.2, 0.25) is 0 Å². The Morgan fingerprint density at radius 1 is 0.328 bits per heavy atom. The van der Waals surface area contributed by atoms with E-state index in [1.54, 1.807) is 0 Å². The molecule has 64 heavy (non-hydrogen) atoms. The molecular formula is C58H94O6. The van der Waals surface area contributed by atoms with E-state index in [0.29, 0.717) is 19.3 Å². The van der Waals surface area contributed by atoms with Crippen LogP contribution in [0.4, 0.5) is 0 Å². The first kappa shape index (κ1) is 60.1. The Morgan fingerprint density at radius 3 is 1.06 bits per heavy atom. The topological polar surface area (TPSA) is 78.9 Å². The molecule has 0 radical (unpaired) electrons. The van der Waals surface area contributed by atoms with E-state index in [1.807, 2.05) is 0 Å². The van der Waals surface area contributed by atoms with Gasteiger partial charge < -0.3 is 14.2 Å². The maximum atomic E-state index is 12.8. The van der Waals surface area contributed by atoms with Gasteiger partial charge in [0.15, 0.2) is 6.10 Å². The average Bonchev–Trinajstić information content (AvgIpc) is 3.29. The molecule has 0 saturated heterocycles. The minimum Gasteiger partial charge on any atom is -0.462 e. The molecule has 0 unspecified atom stereocenters. The van der Waals surface area contributed by atoms with Gasteiger partial charge in [-0.3, -0.25) is 14.4 Å². The molecule has 6 heteroatoms. The van der Waals surface area contributed by atoms with Crippen LogP contribution in [0.5, 0.6) is 0 Å². The standard InChI is InChI=1S/C58H94O6/c1-4-7-10-13-16-19-22-25-28-29-31-33-36-39-42-45-48-51-57(60)63-54-55(53-62-56(59)50-47-44-41-38-35-32-27-24-21-18-15-12-9-6-3)64-58(61)52-49-46-43-40-37-34-30-26-23-20-17-14-11-8-5-2/h8,11,15-20,24-28,30-31,33,39,42,55H,4-7,9-10,12-14,21-23,29,32,34-38,40-41,43-54H2,1-3H3/b11-8+,18-15+,19-16+,20-17+,27-24+,28-25+,30-26+,33-31+,42-39+/t55-/m1/s1. The second kappa shape index (κ2) is 51.7. The summed E-state index contributed by atoms with van der Waals surface area (Å²) < 4.78 is 16.7. The summed E-state index contributed by atoms with van der Waals surface area (Å²) in [5.74, 6) is -1.01. The smallest absolute Gasteiger partial charge is 0.306 e. The molecule has 0 amide bonds. The highest BCUT2D eigenvalue weighted by molar-refractivity contribution is 5.71. The number of carbonyl (C=O) groups excluding carboxylic acids is 3. The van der Waals surface area contributed by atoms with Gasteiger partial charge in [0.05, 0.1) is 0 Å². The van der Waals surface area contributed by atoms with Crippen LogP contribution in [0.3, 0.4) is 0 Å². The highest BCUT2D eigenvalue weighted by atomic mass is 16.6. The number of carbonyl (C=O) groups is 3. The number of allylic oxidation sites excluding steroid dienone is 18. The van der Waals surface area contributed by atoms with Crippen molar-refractivity contribution in [2.24, 2.45) is 0 Å². The van der Waals surface area contributed by atoms with Gasteiger partial charge in [-0.05, 0) is 116 Å². The number of rotatable bonds is 45. The SMILES string of the molecule is CC/C=C/C/C=C/C/C=C/CCCCCCCC(=O)O[C@@H](COC(=O)CCC/C=C/C/C=C/C/C=C/C/C=C/CCCCC)COC(=O)CCCCCCC/C=C/C/C=C/CCCC. The quantitative estimate of drug-likeness (QED) is 0.0262. The highest BCUT2D eigenvalue weighted by Gasteiger charge is 2.19. The fourth-order valence-electron chi connectivity index (χ4n) is 6.58. The summed E-state index contributed by atoms with van der Waals surface area (Å²) >= 11 is 0. The summed E-state index contributed by atoms with van der Waals surface area (Å²) in [4.78, 5) is 38.0. The van der Waals surface area contributed by atoms with Crippen molar-refractivity contribution in [1.82, 2.24) is 0 Å². The summed E-state index contributed by atoms with van der Waals surface area (Å²) in [5.41, 5.74) is 0. The third-order valence-corrected chi connectivity index (χ3v) is 10.5. The molecule has 0 bridgehead atoms. The van der Waals surface area contributed by atoms with Crippen LogP contribution in [0.15, 0.2) is 109 Å². The molecule has 0 spiro atoms. The highest BCUT2D eigenvalue weighted by Crippen LogP contribution is 2.12. The van der Waals surface area contributed by atoms with Crippen molar-refractivity contribution < 1.29 is 28.6 Å².